The van der Waals surface area contributed by atoms with Crippen LogP contribution in [0.25, 0.3) is 22.3 Å². The van der Waals surface area contributed by atoms with Crippen LogP contribution in [0, 0.1) is 13.8 Å². The molecule has 2 aromatic heterocycles. The normalized spacial score (nSPS) is 12.3. The Hall–Kier alpha value is -2.99. The van der Waals surface area contributed by atoms with E-state index in [1.165, 1.54) is 22.5 Å². The fraction of sp³-hybridized carbons (Fsp3) is 0.190. The molecule has 0 aliphatic rings. The van der Waals surface area contributed by atoms with Crippen LogP contribution in [0.3, 0.4) is 0 Å². The van der Waals surface area contributed by atoms with E-state index in [4.69, 9.17) is 0 Å². The molecule has 0 fully saturated rings. The van der Waals surface area contributed by atoms with E-state index in [0.717, 1.165) is 22.3 Å². The van der Waals surface area contributed by atoms with E-state index in [2.05, 4.69) is 47.3 Å². The summed E-state index contributed by atoms with van der Waals surface area (Å²) in [6.07, 6.45) is 1.71. The van der Waals surface area contributed by atoms with Crippen LogP contribution in [-0.2, 0) is 4.79 Å². The predicted octanol–water partition coefficient (Wildman–Crippen LogP) is 4.98. The standard InChI is InChI=1S/C21H20N4OS/c1-13-8-9-16(10-14(13)2)18-11-27-21(23-18)24-20(26)15(3)25-12-22-17-6-4-5-7-19(17)25/h4-12,15H,1-3H3,(H,23,24,26). The molecule has 0 bridgehead atoms. The van der Waals surface area contributed by atoms with Crippen molar-refractivity contribution >= 4 is 33.4 Å². The fourth-order valence-corrected chi connectivity index (χ4v) is 3.71. The number of benzene rings is 2. The van der Waals surface area contributed by atoms with Crippen molar-refractivity contribution in [2.24, 2.45) is 0 Å². The maximum atomic E-state index is 12.7. The molecular weight excluding hydrogens is 356 g/mol. The maximum Gasteiger partial charge on any atom is 0.248 e. The number of fused-ring (bicyclic) bond motifs is 1. The molecule has 4 rings (SSSR count). The second-order valence-electron chi connectivity index (χ2n) is 6.64. The number of anilines is 1. The predicted molar refractivity (Wildman–Crippen MR) is 110 cm³/mol. The second kappa shape index (κ2) is 6.96. The molecule has 0 saturated carbocycles. The van der Waals surface area contributed by atoms with Gasteiger partial charge in [0.15, 0.2) is 5.13 Å². The molecule has 1 atom stereocenters. The van der Waals surface area contributed by atoms with Crippen molar-refractivity contribution in [3.8, 4) is 11.3 Å². The second-order valence-corrected chi connectivity index (χ2v) is 7.50. The van der Waals surface area contributed by atoms with Crippen LogP contribution in [0.2, 0.25) is 0 Å². The van der Waals surface area contributed by atoms with Crippen LogP contribution in [0.4, 0.5) is 5.13 Å². The van der Waals surface area contributed by atoms with Crippen molar-refractivity contribution in [1.29, 1.82) is 0 Å². The summed E-state index contributed by atoms with van der Waals surface area (Å²) in [6, 6.07) is 13.7. The lowest BCUT2D eigenvalue weighted by Crippen LogP contribution is -2.23. The lowest BCUT2D eigenvalue weighted by molar-refractivity contribution is -0.118. The van der Waals surface area contributed by atoms with Gasteiger partial charge in [0.2, 0.25) is 5.91 Å². The summed E-state index contributed by atoms with van der Waals surface area (Å²) < 4.78 is 1.88. The molecule has 1 unspecified atom stereocenters. The highest BCUT2D eigenvalue weighted by molar-refractivity contribution is 7.14. The zero-order chi connectivity index (χ0) is 19.0. The SMILES string of the molecule is Cc1ccc(-c2csc(NC(=O)C(C)n3cnc4ccccc43)n2)cc1C. The first-order chi connectivity index (χ1) is 13.0. The van der Waals surface area contributed by atoms with Crippen molar-refractivity contribution in [3.05, 3.63) is 65.3 Å². The smallest absolute Gasteiger partial charge is 0.248 e. The minimum atomic E-state index is -0.383. The molecule has 0 radical (unpaired) electrons. The monoisotopic (exact) mass is 376 g/mol. The van der Waals surface area contributed by atoms with Gasteiger partial charge in [-0.15, -0.1) is 11.3 Å². The van der Waals surface area contributed by atoms with Gasteiger partial charge in [0.25, 0.3) is 0 Å². The fourth-order valence-electron chi connectivity index (χ4n) is 2.99. The Morgan fingerprint density at radius 2 is 1.96 bits per heavy atom. The number of nitrogens with one attached hydrogen (secondary N) is 1. The number of nitrogens with zero attached hydrogens (tertiary/aromatic N) is 3. The Kier molecular flexibility index (Phi) is 4.49. The van der Waals surface area contributed by atoms with E-state index >= 15 is 0 Å². The number of carbonyl (C=O) groups excluding carboxylic acids is 1. The van der Waals surface area contributed by atoms with Crippen LogP contribution in [0.15, 0.2) is 54.2 Å². The van der Waals surface area contributed by atoms with Crippen molar-refractivity contribution in [3.63, 3.8) is 0 Å². The molecule has 2 heterocycles. The number of para-hydroxylation sites is 2. The number of aryl methyl sites for hydroxylation is 2. The number of aromatic nitrogens is 3. The lowest BCUT2D eigenvalue weighted by atomic mass is 10.1. The Morgan fingerprint density at radius 3 is 2.78 bits per heavy atom. The lowest BCUT2D eigenvalue weighted by Gasteiger charge is -2.13. The third kappa shape index (κ3) is 3.36. The van der Waals surface area contributed by atoms with E-state index in [9.17, 15) is 4.79 Å². The first-order valence-electron chi connectivity index (χ1n) is 8.78. The average Bonchev–Trinajstić information content (AvgIpc) is 3.30. The first-order valence-corrected chi connectivity index (χ1v) is 9.66. The minimum Gasteiger partial charge on any atom is -0.318 e. The summed E-state index contributed by atoms with van der Waals surface area (Å²) in [6.45, 7) is 6.04. The quantitative estimate of drug-likeness (QED) is 0.547. The molecule has 1 N–H and O–H groups in total. The Labute approximate surface area is 161 Å². The van der Waals surface area contributed by atoms with Crippen molar-refractivity contribution in [2.45, 2.75) is 26.8 Å². The van der Waals surface area contributed by atoms with E-state index < -0.39 is 0 Å². The number of rotatable bonds is 4. The summed E-state index contributed by atoms with van der Waals surface area (Å²) >= 11 is 1.43. The average molecular weight is 376 g/mol. The topological polar surface area (TPSA) is 59.8 Å². The largest absolute Gasteiger partial charge is 0.318 e. The van der Waals surface area contributed by atoms with Crippen LogP contribution in [0.5, 0.6) is 0 Å². The molecule has 1 amide bonds. The molecule has 4 aromatic rings. The maximum absolute atomic E-state index is 12.7. The van der Waals surface area contributed by atoms with Gasteiger partial charge in [0.1, 0.15) is 6.04 Å². The van der Waals surface area contributed by atoms with Crippen molar-refractivity contribution in [1.82, 2.24) is 14.5 Å². The van der Waals surface area contributed by atoms with E-state index in [-0.39, 0.29) is 11.9 Å². The third-order valence-corrected chi connectivity index (χ3v) is 5.57. The summed E-state index contributed by atoms with van der Waals surface area (Å²) in [4.78, 5) is 21.6. The van der Waals surface area contributed by atoms with Crippen LogP contribution in [-0.4, -0.2) is 20.4 Å². The number of imidazole rings is 1. The highest BCUT2D eigenvalue weighted by atomic mass is 32.1. The van der Waals surface area contributed by atoms with E-state index in [1.54, 1.807) is 6.33 Å². The van der Waals surface area contributed by atoms with E-state index in [0.29, 0.717) is 5.13 Å². The van der Waals surface area contributed by atoms with Gasteiger partial charge in [0.05, 0.1) is 23.1 Å². The number of carbonyl (C=O) groups is 1. The zero-order valence-corrected chi connectivity index (χ0v) is 16.2. The van der Waals surface area contributed by atoms with Gasteiger partial charge in [-0.1, -0.05) is 24.3 Å². The van der Waals surface area contributed by atoms with Gasteiger partial charge in [-0.05, 0) is 50.1 Å². The van der Waals surface area contributed by atoms with Gasteiger partial charge in [-0.3, -0.25) is 4.79 Å². The molecule has 0 spiro atoms. The Balaban J connectivity index is 1.53. The van der Waals surface area contributed by atoms with Gasteiger partial charge in [0, 0.05) is 10.9 Å². The van der Waals surface area contributed by atoms with Crippen LogP contribution in [0.1, 0.15) is 24.1 Å². The van der Waals surface area contributed by atoms with Crippen LogP contribution >= 0.6 is 11.3 Å². The van der Waals surface area contributed by atoms with Crippen molar-refractivity contribution < 1.29 is 4.79 Å². The zero-order valence-electron chi connectivity index (χ0n) is 15.4. The van der Waals surface area contributed by atoms with Crippen LogP contribution < -0.4 is 5.32 Å². The highest BCUT2D eigenvalue weighted by Gasteiger charge is 2.18. The van der Waals surface area contributed by atoms with Gasteiger partial charge >= 0.3 is 0 Å². The van der Waals surface area contributed by atoms with Gasteiger partial charge in [-0.2, -0.15) is 0 Å². The molecular formula is C21H20N4OS. The number of amides is 1. The summed E-state index contributed by atoms with van der Waals surface area (Å²) in [5.74, 6) is -0.112. The molecule has 27 heavy (non-hydrogen) atoms. The third-order valence-electron chi connectivity index (χ3n) is 4.81. The number of hydrogen-bond donors (Lipinski definition) is 1. The summed E-state index contributed by atoms with van der Waals surface area (Å²) in [5.41, 5.74) is 6.23. The summed E-state index contributed by atoms with van der Waals surface area (Å²) in [7, 11) is 0. The minimum absolute atomic E-state index is 0.112. The molecule has 2 aromatic carbocycles. The Bertz CT molecular complexity index is 1130. The molecule has 136 valence electrons. The molecule has 6 heteroatoms. The molecule has 0 aliphatic heterocycles. The molecule has 0 aliphatic carbocycles. The number of hydrogen-bond acceptors (Lipinski definition) is 4. The van der Waals surface area contributed by atoms with Crippen molar-refractivity contribution in [2.75, 3.05) is 5.32 Å². The summed E-state index contributed by atoms with van der Waals surface area (Å²) in [5, 5.41) is 5.50. The van der Waals surface area contributed by atoms with Gasteiger partial charge in [-0.25, -0.2) is 9.97 Å². The highest BCUT2D eigenvalue weighted by Crippen LogP contribution is 2.27. The number of thiazole rings is 1. The molecule has 5 nitrogen and oxygen atoms in total. The Morgan fingerprint density at radius 1 is 1.15 bits per heavy atom. The first kappa shape index (κ1) is 17.4. The molecule has 0 saturated heterocycles. The van der Waals surface area contributed by atoms with Gasteiger partial charge < -0.3 is 9.88 Å². The van der Waals surface area contributed by atoms with E-state index in [1.807, 2.05) is 41.1 Å².